The molecule has 3 N–H and O–H groups in total. The summed E-state index contributed by atoms with van der Waals surface area (Å²) < 4.78 is 2.00. The van der Waals surface area contributed by atoms with Gasteiger partial charge in [0.05, 0.1) is 6.42 Å². The van der Waals surface area contributed by atoms with Gasteiger partial charge in [0, 0.05) is 29.3 Å². The van der Waals surface area contributed by atoms with Crippen molar-refractivity contribution in [3.05, 3.63) is 84.2 Å². The van der Waals surface area contributed by atoms with Crippen LogP contribution in [0.1, 0.15) is 15.9 Å². The number of hydrogen-bond acceptors (Lipinski definition) is 2. The summed E-state index contributed by atoms with van der Waals surface area (Å²) in [6, 6.07) is 18.2. The predicted octanol–water partition coefficient (Wildman–Crippen LogP) is 2.76. The lowest BCUT2D eigenvalue weighted by molar-refractivity contribution is -0.115. The Hall–Kier alpha value is -3.34. The number of benzene rings is 2. The van der Waals surface area contributed by atoms with Gasteiger partial charge in [-0.25, -0.2) is 0 Å². The summed E-state index contributed by atoms with van der Waals surface area (Å²) in [5.41, 5.74) is 8.21. The fourth-order valence-electron chi connectivity index (χ4n) is 2.40. The van der Waals surface area contributed by atoms with Crippen LogP contribution in [0.4, 0.5) is 5.69 Å². The van der Waals surface area contributed by atoms with E-state index in [2.05, 4.69) is 5.32 Å². The van der Waals surface area contributed by atoms with Crippen LogP contribution in [-0.4, -0.2) is 16.4 Å². The van der Waals surface area contributed by atoms with Crippen LogP contribution >= 0.6 is 0 Å². The number of rotatable bonds is 5. The molecule has 0 saturated carbocycles. The second-order valence-electron chi connectivity index (χ2n) is 5.42. The minimum Gasteiger partial charge on any atom is -0.366 e. The second-order valence-corrected chi connectivity index (χ2v) is 5.42. The molecule has 0 fully saturated rings. The number of hydrogen-bond donors (Lipinski definition) is 2. The number of nitrogens with two attached hydrogens (primary N) is 1. The van der Waals surface area contributed by atoms with Gasteiger partial charge in [0.15, 0.2) is 0 Å². The minimum absolute atomic E-state index is 0.115. The van der Waals surface area contributed by atoms with Gasteiger partial charge in [-0.3, -0.25) is 9.59 Å². The molecule has 5 heteroatoms. The molecule has 24 heavy (non-hydrogen) atoms. The highest BCUT2D eigenvalue weighted by Gasteiger charge is 2.06. The molecule has 0 atom stereocenters. The Morgan fingerprint density at radius 3 is 2.12 bits per heavy atom. The van der Waals surface area contributed by atoms with Crippen molar-refractivity contribution in [2.24, 2.45) is 5.73 Å². The fourth-order valence-corrected chi connectivity index (χ4v) is 2.40. The predicted molar refractivity (Wildman–Crippen MR) is 93.1 cm³/mol. The van der Waals surface area contributed by atoms with Crippen LogP contribution in [0.5, 0.6) is 0 Å². The van der Waals surface area contributed by atoms with Crippen LogP contribution in [0.15, 0.2) is 73.1 Å². The Morgan fingerprint density at radius 1 is 0.917 bits per heavy atom. The quantitative estimate of drug-likeness (QED) is 0.758. The van der Waals surface area contributed by atoms with E-state index in [0.717, 1.165) is 11.3 Å². The van der Waals surface area contributed by atoms with Crippen molar-refractivity contribution >= 4 is 17.5 Å². The summed E-state index contributed by atoms with van der Waals surface area (Å²) in [6.45, 7) is 0. The van der Waals surface area contributed by atoms with E-state index in [1.807, 2.05) is 53.4 Å². The van der Waals surface area contributed by atoms with Crippen molar-refractivity contribution in [1.82, 2.24) is 4.57 Å². The lowest BCUT2D eigenvalue weighted by Crippen LogP contribution is -2.15. The van der Waals surface area contributed by atoms with Gasteiger partial charge in [0.2, 0.25) is 11.8 Å². The summed E-state index contributed by atoms with van der Waals surface area (Å²) in [6.07, 6.45) is 4.22. The van der Waals surface area contributed by atoms with Crippen molar-refractivity contribution in [3.8, 4) is 5.69 Å². The van der Waals surface area contributed by atoms with E-state index >= 15 is 0 Å². The van der Waals surface area contributed by atoms with Crippen molar-refractivity contribution in [3.63, 3.8) is 0 Å². The summed E-state index contributed by atoms with van der Waals surface area (Å²) >= 11 is 0. The van der Waals surface area contributed by atoms with Gasteiger partial charge in [-0.05, 0) is 54.1 Å². The van der Waals surface area contributed by atoms with Crippen LogP contribution in [0.2, 0.25) is 0 Å². The molecule has 120 valence electrons. The molecule has 0 radical (unpaired) electrons. The van der Waals surface area contributed by atoms with Crippen LogP contribution in [0.25, 0.3) is 5.69 Å². The van der Waals surface area contributed by atoms with E-state index in [1.165, 1.54) is 0 Å². The number of carbonyl (C=O) groups is 2. The van der Waals surface area contributed by atoms with E-state index < -0.39 is 5.91 Å². The van der Waals surface area contributed by atoms with Crippen LogP contribution in [-0.2, 0) is 11.2 Å². The maximum absolute atomic E-state index is 12.1. The van der Waals surface area contributed by atoms with Gasteiger partial charge < -0.3 is 15.6 Å². The first kappa shape index (κ1) is 15.6. The van der Waals surface area contributed by atoms with Gasteiger partial charge in [-0.1, -0.05) is 12.1 Å². The number of anilines is 1. The molecule has 3 aromatic rings. The van der Waals surface area contributed by atoms with Crippen LogP contribution in [0.3, 0.4) is 0 Å². The summed E-state index contributed by atoms with van der Waals surface area (Å²) in [5, 5.41) is 2.80. The molecular weight excluding hydrogens is 302 g/mol. The van der Waals surface area contributed by atoms with E-state index in [9.17, 15) is 9.59 Å². The van der Waals surface area contributed by atoms with Gasteiger partial charge in [0.1, 0.15) is 0 Å². The second kappa shape index (κ2) is 6.83. The molecule has 0 unspecified atom stereocenters. The molecule has 1 heterocycles. The topological polar surface area (TPSA) is 77.1 Å². The number of amides is 2. The molecule has 0 aliphatic carbocycles. The molecule has 2 aromatic carbocycles. The first-order valence-electron chi connectivity index (χ1n) is 7.54. The Balaban J connectivity index is 1.61. The molecule has 0 spiro atoms. The molecule has 1 aromatic heterocycles. The minimum atomic E-state index is -0.490. The van der Waals surface area contributed by atoms with E-state index in [0.29, 0.717) is 11.3 Å². The molecule has 0 saturated heterocycles. The van der Waals surface area contributed by atoms with E-state index in [-0.39, 0.29) is 12.3 Å². The van der Waals surface area contributed by atoms with Crippen molar-refractivity contribution < 1.29 is 9.59 Å². The largest absolute Gasteiger partial charge is 0.366 e. The smallest absolute Gasteiger partial charge is 0.248 e. The normalized spacial score (nSPS) is 10.3. The van der Waals surface area contributed by atoms with Gasteiger partial charge >= 0.3 is 0 Å². The van der Waals surface area contributed by atoms with E-state index in [4.69, 9.17) is 5.73 Å². The van der Waals surface area contributed by atoms with Crippen molar-refractivity contribution in [2.75, 3.05) is 5.32 Å². The third kappa shape index (κ3) is 3.70. The maximum atomic E-state index is 12.1. The molecule has 0 aliphatic rings. The standard InChI is InChI=1S/C19H17N3O2/c20-19(24)15-5-7-16(8-6-15)21-18(23)13-14-3-9-17(10-4-14)22-11-1-2-12-22/h1-12H,13H2,(H2,20,24)(H,21,23). The Kier molecular flexibility index (Phi) is 4.43. The number of nitrogens with one attached hydrogen (secondary N) is 1. The van der Waals surface area contributed by atoms with E-state index in [1.54, 1.807) is 24.3 Å². The summed E-state index contributed by atoms with van der Waals surface area (Å²) in [4.78, 5) is 23.1. The number of carbonyl (C=O) groups excluding carboxylic acids is 2. The van der Waals surface area contributed by atoms with Gasteiger partial charge in [0.25, 0.3) is 0 Å². The Labute approximate surface area is 139 Å². The van der Waals surface area contributed by atoms with Crippen molar-refractivity contribution in [2.45, 2.75) is 6.42 Å². The van der Waals surface area contributed by atoms with Crippen LogP contribution in [0, 0.1) is 0 Å². The zero-order valence-corrected chi connectivity index (χ0v) is 13.0. The molecule has 2 amide bonds. The zero-order valence-electron chi connectivity index (χ0n) is 13.0. The number of primary amides is 1. The number of nitrogens with zero attached hydrogens (tertiary/aromatic N) is 1. The highest BCUT2D eigenvalue weighted by molar-refractivity contribution is 5.95. The SMILES string of the molecule is NC(=O)c1ccc(NC(=O)Cc2ccc(-n3cccc3)cc2)cc1. The van der Waals surface area contributed by atoms with Gasteiger partial charge in [-0.2, -0.15) is 0 Å². The average molecular weight is 319 g/mol. The zero-order chi connectivity index (χ0) is 16.9. The third-order valence-electron chi connectivity index (χ3n) is 3.66. The molecule has 0 aliphatic heterocycles. The molecule has 5 nitrogen and oxygen atoms in total. The number of aromatic nitrogens is 1. The molecule has 3 rings (SSSR count). The Bertz CT molecular complexity index is 835. The fraction of sp³-hybridized carbons (Fsp3) is 0.0526. The maximum Gasteiger partial charge on any atom is 0.248 e. The van der Waals surface area contributed by atoms with Crippen molar-refractivity contribution in [1.29, 1.82) is 0 Å². The summed E-state index contributed by atoms with van der Waals surface area (Å²) in [5.74, 6) is -0.605. The lowest BCUT2D eigenvalue weighted by Gasteiger charge is -2.07. The molecular formula is C19H17N3O2. The third-order valence-corrected chi connectivity index (χ3v) is 3.66. The average Bonchev–Trinajstić information content (AvgIpc) is 3.10. The first-order valence-corrected chi connectivity index (χ1v) is 7.54. The molecule has 0 bridgehead atoms. The summed E-state index contributed by atoms with van der Waals surface area (Å²) in [7, 11) is 0. The highest BCUT2D eigenvalue weighted by atomic mass is 16.1. The Morgan fingerprint density at radius 2 is 1.54 bits per heavy atom. The highest BCUT2D eigenvalue weighted by Crippen LogP contribution is 2.13. The van der Waals surface area contributed by atoms with Crippen LogP contribution < -0.4 is 11.1 Å². The van der Waals surface area contributed by atoms with Gasteiger partial charge in [-0.15, -0.1) is 0 Å². The monoisotopic (exact) mass is 319 g/mol. The first-order chi connectivity index (χ1) is 11.6. The lowest BCUT2D eigenvalue weighted by atomic mass is 10.1.